The molecule has 2 amide bonds. The third-order valence-electron chi connectivity index (χ3n) is 6.55. The molecular formula is C29H31N5O2. The first kappa shape index (κ1) is 23.6. The van der Waals surface area contributed by atoms with E-state index in [9.17, 15) is 4.79 Å². The maximum absolute atomic E-state index is 12.1. The van der Waals surface area contributed by atoms with Crippen LogP contribution in [0.1, 0.15) is 50.4 Å². The topological polar surface area (TPSA) is 92.0 Å². The standard InChI is InChI=1S/C29H31N5O2/c1-19(2)32-29(35)33-21-11-9-20(10-12-21)28-26(17-30)25-14-13-24(36-18-22-6-3-4-15-31-22)16-27(25)34(28)23-7-5-8-23/h3-4,6,9-17,19,23,30H,5,7-8,18H2,1-2H3,(H2,32,33,35). The lowest BCUT2D eigenvalue weighted by Gasteiger charge is -2.30. The van der Waals surface area contributed by atoms with Crippen molar-refractivity contribution in [1.82, 2.24) is 14.9 Å². The Kier molecular flexibility index (Phi) is 6.71. The fraction of sp³-hybridized carbons (Fsp3) is 0.276. The van der Waals surface area contributed by atoms with Crippen molar-refractivity contribution in [3.63, 3.8) is 0 Å². The Bertz CT molecular complexity index is 1370. The van der Waals surface area contributed by atoms with Crippen LogP contribution in [-0.4, -0.2) is 27.8 Å². The van der Waals surface area contributed by atoms with Crippen LogP contribution in [0.3, 0.4) is 0 Å². The molecule has 7 heteroatoms. The van der Waals surface area contributed by atoms with Gasteiger partial charge in [-0.05, 0) is 75.1 Å². The summed E-state index contributed by atoms with van der Waals surface area (Å²) >= 11 is 0. The Morgan fingerprint density at radius 1 is 1.17 bits per heavy atom. The number of hydrogen-bond donors (Lipinski definition) is 3. The molecule has 184 valence electrons. The normalized spacial score (nSPS) is 13.4. The summed E-state index contributed by atoms with van der Waals surface area (Å²) in [4.78, 5) is 16.4. The predicted molar refractivity (Wildman–Crippen MR) is 144 cm³/mol. The Morgan fingerprint density at radius 3 is 2.61 bits per heavy atom. The van der Waals surface area contributed by atoms with Gasteiger partial charge in [-0.15, -0.1) is 0 Å². The number of fused-ring (bicyclic) bond motifs is 1. The Balaban J connectivity index is 1.50. The van der Waals surface area contributed by atoms with Gasteiger partial charge in [0.05, 0.1) is 16.9 Å². The first-order valence-corrected chi connectivity index (χ1v) is 12.4. The van der Waals surface area contributed by atoms with E-state index < -0.39 is 0 Å². The average Bonchev–Trinajstić information content (AvgIpc) is 3.15. The third-order valence-corrected chi connectivity index (χ3v) is 6.55. The minimum atomic E-state index is -0.222. The second-order valence-electron chi connectivity index (χ2n) is 9.48. The molecule has 1 saturated carbocycles. The van der Waals surface area contributed by atoms with Crippen LogP contribution in [0.5, 0.6) is 5.75 Å². The van der Waals surface area contributed by atoms with E-state index >= 15 is 0 Å². The second kappa shape index (κ2) is 10.2. The number of carbonyl (C=O) groups is 1. The Morgan fingerprint density at radius 2 is 1.97 bits per heavy atom. The molecule has 0 bridgehead atoms. The zero-order valence-electron chi connectivity index (χ0n) is 20.6. The number of pyridine rings is 1. The number of urea groups is 1. The minimum Gasteiger partial charge on any atom is -0.487 e. The van der Waals surface area contributed by atoms with Crippen LogP contribution in [0.4, 0.5) is 10.5 Å². The summed E-state index contributed by atoms with van der Waals surface area (Å²) in [6, 6.07) is 20.0. The summed E-state index contributed by atoms with van der Waals surface area (Å²) in [6.07, 6.45) is 6.64. The van der Waals surface area contributed by atoms with Crippen LogP contribution >= 0.6 is 0 Å². The van der Waals surface area contributed by atoms with Gasteiger partial charge in [0.1, 0.15) is 12.4 Å². The number of hydrogen-bond acceptors (Lipinski definition) is 4. The molecule has 0 spiro atoms. The molecule has 5 rings (SSSR count). The largest absolute Gasteiger partial charge is 0.487 e. The van der Waals surface area contributed by atoms with Crippen LogP contribution in [0, 0.1) is 5.41 Å². The van der Waals surface area contributed by atoms with E-state index in [-0.39, 0.29) is 12.1 Å². The first-order valence-electron chi connectivity index (χ1n) is 12.4. The van der Waals surface area contributed by atoms with Gasteiger partial charge in [0.15, 0.2) is 0 Å². The van der Waals surface area contributed by atoms with Gasteiger partial charge in [-0.2, -0.15) is 0 Å². The van der Waals surface area contributed by atoms with Gasteiger partial charge in [-0.3, -0.25) is 4.98 Å². The number of carbonyl (C=O) groups excluding carboxylic acids is 1. The fourth-order valence-electron chi connectivity index (χ4n) is 4.65. The molecule has 0 saturated heterocycles. The summed E-state index contributed by atoms with van der Waals surface area (Å²) in [5.41, 5.74) is 5.62. The number of nitrogens with one attached hydrogen (secondary N) is 3. The van der Waals surface area contributed by atoms with Crippen molar-refractivity contribution in [1.29, 1.82) is 5.41 Å². The monoisotopic (exact) mass is 481 g/mol. The quantitative estimate of drug-likeness (QED) is 0.250. The molecule has 0 radical (unpaired) electrons. The number of amides is 2. The smallest absolute Gasteiger partial charge is 0.319 e. The van der Waals surface area contributed by atoms with E-state index in [4.69, 9.17) is 10.1 Å². The van der Waals surface area contributed by atoms with Gasteiger partial charge in [0.2, 0.25) is 0 Å². The van der Waals surface area contributed by atoms with Gasteiger partial charge >= 0.3 is 6.03 Å². The zero-order valence-corrected chi connectivity index (χ0v) is 20.6. The number of aromatic nitrogens is 2. The minimum absolute atomic E-state index is 0.0652. The van der Waals surface area contributed by atoms with Crippen molar-refractivity contribution in [3.8, 4) is 17.0 Å². The molecule has 7 nitrogen and oxygen atoms in total. The molecule has 2 aromatic carbocycles. The van der Waals surface area contributed by atoms with Gasteiger partial charge in [-0.25, -0.2) is 4.79 Å². The van der Waals surface area contributed by atoms with E-state index in [1.165, 1.54) is 12.6 Å². The summed E-state index contributed by atoms with van der Waals surface area (Å²) in [7, 11) is 0. The van der Waals surface area contributed by atoms with Crippen molar-refractivity contribution < 1.29 is 9.53 Å². The summed E-state index contributed by atoms with van der Waals surface area (Å²) in [5, 5.41) is 15.0. The number of ether oxygens (including phenoxy) is 1. The lowest BCUT2D eigenvalue weighted by atomic mass is 9.92. The maximum Gasteiger partial charge on any atom is 0.319 e. The molecule has 0 atom stereocenters. The molecule has 4 aromatic rings. The van der Waals surface area contributed by atoms with Crippen LogP contribution in [0.15, 0.2) is 66.9 Å². The molecule has 3 N–H and O–H groups in total. The van der Waals surface area contributed by atoms with Crippen LogP contribution in [0.2, 0.25) is 0 Å². The maximum atomic E-state index is 12.1. The van der Waals surface area contributed by atoms with E-state index in [0.717, 1.165) is 57.7 Å². The fourth-order valence-corrected chi connectivity index (χ4v) is 4.65. The summed E-state index contributed by atoms with van der Waals surface area (Å²) in [5.74, 6) is 0.782. The van der Waals surface area contributed by atoms with Gasteiger partial charge in [0, 0.05) is 47.2 Å². The van der Waals surface area contributed by atoms with E-state index in [1.54, 1.807) is 6.20 Å². The molecule has 0 unspecified atom stereocenters. The zero-order chi connectivity index (χ0) is 25.1. The number of benzene rings is 2. The summed E-state index contributed by atoms with van der Waals surface area (Å²) in [6.45, 7) is 4.26. The Hall–Kier alpha value is -4.13. The van der Waals surface area contributed by atoms with E-state index in [0.29, 0.717) is 12.6 Å². The highest BCUT2D eigenvalue weighted by Crippen LogP contribution is 2.43. The summed E-state index contributed by atoms with van der Waals surface area (Å²) < 4.78 is 8.45. The van der Waals surface area contributed by atoms with Crippen LogP contribution in [-0.2, 0) is 6.61 Å². The van der Waals surface area contributed by atoms with E-state index in [2.05, 4.69) is 26.3 Å². The van der Waals surface area contributed by atoms with Gasteiger partial charge in [-0.1, -0.05) is 18.2 Å². The molecule has 0 aliphatic heterocycles. The van der Waals surface area contributed by atoms with Crippen molar-refractivity contribution in [3.05, 3.63) is 78.1 Å². The van der Waals surface area contributed by atoms with E-state index in [1.807, 2.05) is 68.4 Å². The highest BCUT2D eigenvalue weighted by atomic mass is 16.5. The lowest BCUT2D eigenvalue weighted by molar-refractivity contribution is 0.250. The van der Waals surface area contributed by atoms with Crippen LogP contribution in [0.25, 0.3) is 22.2 Å². The predicted octanol–water partition coefficient (Wildman–Crippen LogP) is 6.53. The molecule has 2 heterocycles. The first-order chi connectivity index (χ1) is 17.5. The molecular weight excluding hydrogens is 450 g/mol. The third kappa shape index (κ3) is 4.82. The lowest BCUT2D eigenvalue weighted by Crippen LogP contribution is -2.34. The molecule has 36 heavy (non-hydrogen) atoms. The van der Waals surface area contributed by atoms with Crippen LogP contribution < -0.4 is 15.4 Å². The van der Waals surface area contributed by atoms with Crippen molar-refractivity contribution in [2.45, 2.75) is 51.8 Å². The van der Waals surface area contributed by atoms with Crippen molar-refractivity contribution in [2.24, 2.45) is 0 Å². The number of nitrogens with zero attached hydrogens (tertiary/aromatic N) is 2. The highest BCUT2D eigenvalue weighted by Gasteiger charge is 2.27. The molecule has 2 aromatic heterocycles. The van der Waals surface area contributed by atoms with Crippen molar-refractivity contribution >= 4 is 28.8 Å². The second-order valence-corrected chi connectivity index (χ2v) is 9.48. The highest BCUT2D eigenvalue weighted by molar-refractivity contribution is 6.06. The number of rotatable bonds is 8. The SMILES string of the molecule is CC(C)NC(=O)Nc1ccc(-c2c(C=N)c3ccc(OCc4ccccn4)cc3n2C2CCC2)cc1. The van der Waals surface area contributed by atoms with Gasteiger partial charge < -0.3 is 25.3 Å². The molecule has 1 aliphatic carbocycles. The van der Waals surface area contributed by atoms with Crippen molar-refractivity contribution in [2.75, 3.05) is 5.32 Å². The average molecular weight is 482 g/mol. The molecule has 1 fully saturated rings. The number of anilines is 1. The van der Waals surface area contributed by atoms with Gasteiger partial charge in [0.25, 0.3) is 0 Å². The Labute approximate surface area is 211 Å². The molecule has 1 aliphatic rings.